The van der Waals surface area contributed by atoms with E-state index in [0.29, 0.717) is 28.3 Å². The number of nitrogens with zero attached hydrogens (tertiary/aromatic N) is 1. The fourth-order valence-electron chi connectivity index (χ4n) is 4.36. The molecule has 1 unspecified atom stereocenters. The van der Waals surface area contributed by atoms with Crippen LogP contribution in [0, 0.1) is 0 Å². The van der Waals surface area contributed by atoms with Gasteiger partial charge in [0.1, 0.15) is 12.1 Å². The number of fused-ring (bicyclic) bond motifs is 2. The van der Waals surface area contributed by atoms with Crippen LogP contribution in [-0.4, -0.2) is 35.8 Å². The molecule has 0 aliphatic carbocycles. The van der Waals surface area contributed by atoms with Crippen molar-refractivity contribution in [3.8, 4) is 0 Å². The lowest BCUT2D eigenvalue weighted by Gasteiger charge is -2.23. The van der Waals surface area contributed by atoms with Crippen molar-refractivity contribution in [1.82, 2.24) is 5.32 Å². The van der Waals surface area contributed by atoms with Crippen LogP contribution in [0.2, 0.25) is 5.02 Å². The molecule has 8 heteroatoms. The number of carbonyl (C=O) groups is 4. The number of halogens is 1. The second-order valence-electron chi connectivity index (χ2n) is 9.02. The van der Waals surface area contributed by atoms with Gasteiger partial charge in [0.2, 0.25) is 17.7 Å². The Kier molecular flexibility index (Phi) is 5.33. The van der Waals surface area contributed by atoms with Crippen LogP contribution in [-0.2, 0) is 35.8 Å². The molecule has 1 saturated heterocycles. The molecule has 2 aliphatic heterocycles. The number of carbonyl (C=O) groups excluding carboxylic acids is 4. The van der Waals surface area contributed by atoms with Crippen molar-refractivity contribution in [1.29, 1.82) is 0 Å². The summed E-state index contributed by atoms with van der Waals surface area (Å²) in [5.41, 5.74) is -0.198. The van der Waals surface area contributed by atoms with E-state index in [-0.39, 0.29) is 13.0 Å². The first-order chi connectivity index (χ1) is 15.0. The summed E-state index contributed by atoms with van der Waals surface area (Å²) in [6.07, 6.45) is 0.0320. The minimum atomic E-state index is -1.75. The molecule has 3 amide bonds. The van der Waals surface area contributed by atoms with E-state index in [2.05, 4.69) is 5.32 Å². The molecule has 0 aromatic heterocycles. The second kappa shape index (κ2) is 7.74. The number of rotatable bonds is 4. The van der Waals surface area contributed by atoms with Gasteiger partial charge in [0.05, 0.1) is 6.42 Å². The molecular weight excluding hydrogens is 432 g/mol. The number of esters is 1. The molecule has 7 nitrogen and oxygen atoms in total. The largest absolute Gasteiger partial charge is 0.459 e. The smallest absolute Gasteiger partial charge is 0.326 e. The first kappa shape index (κ1) is 22.0. The van der Waals surface area contributed by atoms with Gasteiger partial charge in [-0.15, -0.1) is 0 Å². The number of amides is 3. The van der Waals surface area contributed by atoms with Crippen LogP contribution in [0.15, 0.2) is 42.5 Å². The van der Waals surface area contributed by atoms with Gasteiger partial charge in [0.25, 0.3) is 0 Å². The van der Waals surface area contributed by atoms with Crippen molar-refractivity contribution in [3.63, 3.8) is 0 Å². The zero-order chi connectivity index (χ0) is 23.3. The van der Waals surface area contributed by atoms with Gasteiger partial charge >= 0.3 is 5.97 Å². The molecule has 0 bridgehead atoms. The molecule has 2 aromatic rings. The van der Waals surface area contributed by atoms with Crippen LogP contribution < -0.4 is 10.2 Å². The highest BCUT2D eigenvalue weighted by Crippen LogP contribution is 2.50. The minimum absolute atomic E-state index is 0.329. The third-order valence-corrected chi connectivity index (χ3v) is 5.91. The number of imide groups is 1. The highest BCUT2D eigenvalue weighted by Gasteiger charge is 2.62. The van der Waals surface area contributed by atoms with E-state index in [1.807, 2.05) is 30.3 Å². The summed E-state index contributed by atoms with van der Waals surface area (Å²) in [6, 6.07) is 12.7. The summed E-state index contributed by atoms with van der Waals surface area (Å²) >= 11 is 6.55. The molecule has 2 heterocycles. The maximum atomic E-state index is 13.6. The van der Waals surface area contributed by atoms with E-state index in [1.165, 1.54) is 4.90 Å². The van der Waals surface area contributed by atoms with Crippen molar-refractivity contribution in [2.24, 2.45) is 0 Å². The molecule has 166 valence electrons. The van der Waals surface area contributed by atoms with E-state index in [4.69, 9.17) is 16.3 Å². The van der Waals surface area contributed by atoms with Gasteiger partial charge in [-0.05, 0) is 50.5 Å². The van der Waals surface area contributed by atoms with E-state index in [1.54, 1.807) is 32.9 Å². The lowest BCUT2D eigenvalue weighted by Crippen LogP contribution is -2.47. The van der Waals surface area contributed by atoms with E-state index in [0.717, 1.165) is 5.56 Å². The van der Waals surface area contributed by atoms with Crippen molar-refractivity contribution in [2.75, 3.05) is 11.4 Å². The zero-order valence-electron chi connectivity index (χ0n) is 18.0. The molecule has 4 rings (SSSR count). The van der Waals surface area contributed by atoms with Gasteiger partial charge in [-0.25, -0.2) is 0 Å². The standard InChI is InChI=1S/C24H23ClN2O5/c1-23(2,3)32-19(29)13-27-17-10-9-16(25)15(11-14-7-5-4-6-8-14)20(17)24(22(27)31)12-18(28)26-21(24)30/h4-10H,11-13H2,1-3H3,(H,26,28,30). The Labute approximate surface area is 190 Å². The Hall–Kier alpha value is -3.19. The molecule has 1 atom stereocenters. The van der Waals surface area contributed by atoms with Gasteiger partial charge in [-0.1, -0.05) is 41.9 Å². The van der Waals surface area contributed by atoms with E-state index < -0.39 is 34.7 Å². The Balaban J connectivity index is 1.85. The van der Waals surface area contributed by atoms with E-state index >= 15 is 0 Å². The summed E-state index contributed by atoms with van der Waals surface area (Å²) in [4.78, 5) is 52.6. The van der Waals surface area contributed by atoms with Crippen LogP contribution in [0.25, 0.3) is 0 Å². The van der Waals surface area contributed by atoms with E-state index in [9.17, 15) is 19.2 Å². The third-order valence-electron chi connectivity index (χ3n) is 5.56. The molecule has 0 saturated carbocycles. The van der Waals surface area contributed by atoms with Crippen LogP contribution in [0.1, 0.15) is 43.9 Å². The molecule has 32 heavy (non-hydrogen) atoms. The van der Waals surface area contributed by atoms with Gasteiger partial charge in [-0.3, -0.25) is 29.4 Å². The van der Waals surface area contributed by atoms with Gasteiger partial charge in [-0.2, -0.15) is 0 Å². The predicted molar refractivity (Wildman–Crippen MR) is 118 cm³/mol. The minimum Gasteiger partial charge on any atom is -0.459 e. The Bertz CT molecular complexity index is 1140. The molecule has 0 radical (unpaired) electrons. The van der Waals surface area contributed by atoms with Crippen LogP contribution in [0.5, 0.6) is 0 Å². The maximum absolute atomic E-state index is 13.6. The average molecular weight is 455 g/mol. The van der Waals surface area contributed by atoms with Gasteiger partial charge < -0.3 is 4.74 Å². The monoisotopic (exact) mass is 454 g/mol. The van der Waals surface area contributed by atoms with Crippen LogP contribution in [0.4, 0.5) is 5.69 Å². The quantitative estimate of drug-likeness (QED) is 0.435. The lowest BCUT2D eigenvalue weighted by atomic mass is 9.76. The Morgan fingerprint density at radius 3 is 2.41 bits per heavy atom. The lowest BCUT2D eigenvalue weighted by molar-refractivity contribution is -0.154. The van der Waals surface area contributed by atoms with Gasteiger partial charge in [0.15, 0.2) is 5.41 Å². The average Bonchev–Trinajstić information content (AvgIpc) is 3.12. The molecular formula is C24H23ClN2O5. The fourth-order valence-corrected chi connectivity index (χ4v) is 4.59. The molecule has 2 aliphatic rings. The summed E-state index contributed by atoms with van der Waals surface area (Å²) < 4.78 is 5.39. The molecule has 1 N–H and O–H groups in total. The zero-order valence-corrected chi connectivity index (χ0v) is 18.8. The number of hydrogen-bond acceptors (Lipinski definition) is 5. The third kappa shape index (κ3) is 3.66. The predicted octanol–water partition coefficient (Wildman–Crippen LogP) is 2.90. The van der Waals surface area contributed by atoms with Gasteiger partial charge in [0, 0.05) is 16.3 Å². The summed E-state index contributed by atoms with van der Waals surface area (Å²) in [5.74, 6) is -2.48. The summed E-state index contributed by atoms with van der Waals surface area (Å²) in [7, 11) is 0. The number of nitrogens with one attached hydrogen (secondary N) is 1. The summed E-state index contributed by atoms with van der Waals surface area (Å²) in [5, 5.41) is 2.64. The first-order valence-electron chi connectivity index (χ1n) is 10.3. The van der Waals surface area contributed by atoms with Crippen LogP contribution in [0.3, 0.4) is 0 Å². The van der Waals surface area contributed by atoms with Crippen molar-refractivity contribution >= 4 is 41.0 Å². The molecule has 1 spiro atoms. The number of anilines is 1. The van der Waals surface area contributed by atoms with Crippen molar-refractivity contribution < 1.29 is 23.9 Å². The number of benzene rings is 2. The van der Waals surface area contributed by atoms with Crippen molar-refractivity contribution in [2.45, 2.75) is 44.6 Å². The Morgan fingerprint density at radius 2 is 1.81 bits per heavy atom. The number of ether oxygens (including phenoxy) is 1. The highest BCUT2D eigenvalue weighted by molar-refractivity contribution is 6.34. The van der Waals surface area contributed by atoms with Crippen LogP contribution >= 0.6 is 11.6 Å². The normalized spacial score (nSPS) is 20.0. The topological polar surface area (TPSA) is 92.8 Å². The summed E-state index contributed by atoms with van der Waals surface area (Å²) in [6.45, 7) is 4.81. The van der Waals surface area contributed by atoms with Crippen molar-refractivity contribution in [3.05, 3.63) is 64.2 Å². The molecule has 2 aromatic carbocycles. The highest BCUT2D eigenvalue weighted by atomic mass is 35.5. The first-order valence-corrected chi connectivity index (χ1v) is 10.6. The maximum Gasteiger partial charge on any atom is 0.326 e. The fraction of sp³-hybridized carbons (Fsp3) is 0.333. The second-order valence-corrected chi connectivity index (χ2v) is 9.43. The number of hydrogen-bond donors (Lipinski definition) is 1. The Morgan fingerprint density at radius 1 is 1.12 bits per heavy atom. The molecule has 1 fully saturated rings. The SMILES string of the molecule is CC(C)(C)OC(=O)CN1C(=O)C2(CC(=O)NC2=O)c2c1ccc(Cl)c2Cc1ccccc1.